The number of alkyl halides is 1. The highest BCUT2D eigenvalue weighted by molar-refractivity contribution is 6.28. The van der Waals surface area contributed by atoms with Gasteiger partial charge in [0.2, 0.25) is 0 Å². The molecule has 36 valence electrons. The highest BCUT2D eigenvalue weighted by atomic mass is 35.5. The highest BCUT2D eigenvalue weighted by Crippen LogP contribution is 1.97. The zero-order valence-corrected chi connectivity index (χ0v) is 4.59. The Kier molecular flexibility index (Phi) is 3.38. The Morgan fingerprint density at radius 1 is 1.83 bits per heavy atom. The van der Waals surface area contributed by atoms with Crippen LogP contribution in [-0.2, 0) is 4.74 Å². The lowest BCUT2D eigenvalue weighted by Crippen LogP contribution is -1.75. The highest BCUT2D eigenvalue weighted by Gasteiger charge is 1.77. The second-order valence-corrected chi connectivity index (χ2v) is 1.25. The molecule has 0 unspecified atom stereocenters. The molecule has 0 aromatic heterocycles. The van der Waals surface area contributed by atoms with E-state index < -0.39 is 0 Å². The maximum atomic E-state index is 5.08. The molecule has 6 heavy (non-hydrogen) atoms. The lowest BCUT2D eigenvalue weighted by Gasteiger charge is -1.90. The predicted molar refractivity (Wildman–Crippen MR) is 26.8 cm³/mol. The fraction of sp³-hybridized carbons (Fsp3) is 0.333. The van der Waals surface area contributed by atoms with Crippen LogP contribution < -0.4 is 0 Å². The number of rotatable bonds is 2. The Hall–Kier alpha value is 0.120. The van der Waals surface area contributed by atoms with Gasteiger partial charge in [-0.1, -0.05) is 11.6 Å². The van der Waals surface area contributed by atoms with Crippen LogP contribution in [-0.4, -0.2) is 6.07 Å². The zero-order valence-electron chi connectivity index (χ0n) is 3.08. The van der Waals surface area contributed by atoms with Crippen molar-refractivity contribution >= 4 is 23.2 Å². The van der Waals surface area contributed by atoms with Gasteiger partial charge in [0.05, 0.1) is 0 Å². The van der Waals surface area contributed by atoms with E-state index in [1.165, 1.54) is 0 Å². The van der Waals surface area contributed by atoms with E-state index in [-0.39, 0.29) is 11.3 Å². The van der Waals surface area contributed by atoms with Crippen LogP contribution in [0.5, 0.6) is 0 Å². The molecule has 0 aliphatic carbocycles. The van der Waals surface area contributed by atoms with Gasteiger partial charge < -0.3 is 4.74 Å². The van der Waals surface area contributed by atoms with Crippen LogP contribution >= 0.6 is 23.2 Å². The van der Waals surface area contributed by atoms with Gasteiger partial charge in [-0.2, -0.15) is 0 Å². The van der Waals surface area contributed by atoms with Gasteiger partial charge in [0.1, 0.15) is 0 Å². The van der Waals surface area contributed by atoms with Crippen molar-refractivity contribution in [3.63, 3.8) is 0 Å². The summed E-state index contributed by atoms with van der Waals surface area (Å²) in [5.74, 6) is 0. The minimum Gasteiger partial charge on any atom is -0.468 e. The molecule has 0 spiro atoms. The maximum absolute atomic E-state index is 5.08. The fourth-order valence-corrected chi connectivity index (χ4v) is 0.301. The Morgan fingerprint density at radius 2 is 2.33 bits per heavy atom. The van der Waals surface area contributed by atoms with Gasteiger partial charge in [0, 0.05) is 0 Å². The van der Waals surface area contributed by atoms with Crippen LogP contribution in [0.25, 0.3) is 0 Å². The Labute approximate surface area is 46.5 Å². The summed E-state index contributed by atoms with van der Waals surface area (Å²) in [4.78, 5) is 0. The lowest BCUT2D eigenvalue weighted by atomic mass is 11.1. The number of hydrogen-bond donors (Lipinski definition) is 0. The topological polar surface area (TPSA) is 9.23 Å². The average Bonchev–Trinajstić information content (AvgIpc) is 1.35. The smallest absolute Gasteiger partial charge is 0.181 e. The SMILES string of the molecule is C=C(Cl)OCCl. The van der Waals surface area contributed by atoms with Gasteiger partial charge in [-0.05, 0) is 18.2 Å². The van der Waals surface area contributed by atoms with Crippen LogP contribution in [0.1, 0.15) is 0 Å². The summed E-state index contributed by atoms with van der Waals surface area (Å²) in [6, 6.07) is 0.0718. The van der Waals surface area contributed by atoms with Crippen molar-refractivity contribution in [2.45, 2.75) is 0 Å². The van der Waals surface area contributed by atoms with Crippen molar-refractivity contribution in [3.05, 3.63) is 11.8 Å². The molecule has 0 bridgehead atoms. The van der Waals surface area contributed by atoms with Gasteiger partial charge in [-0.25, -0.2) is 0 Å². The summed E-state index contributed by atoms with van der Waals surface area (Å²) in [5.41, 5.74) is 0. The van der Waals surface area contributed by atoms with Crippen molar-refractivity contribution in [1.82, 2.24) is 0 Å². The summed E-state index contributed by atoms with van der Waals surface area (Å²) in [6.07, 6.45) is 0. The van der Waals surface area contributed by atoms with Gasteiger partial charge in [0.15, 0.2) is 11.3 Å². The molecule has 0 fully saturated rings. The molecule has 0 rings (SSSR count). The van der Waals surface area contributed by atoms with Gasteiger partial charge >= 0.3 is 0 Å². The molecule has 0 aliphatic rings. The van der Waals surface area contributed by atoms with Crippen molar-refractivity contribution in [2.75, 3.05) is 6.07 Å². The van der Waals surface area contributed by atoms with Gasteiger partial charge in [-0.15, -0.1) is 0 Å². The van der Waals surface area contributed by atoms with Crippen molar-refractivity contribution in [3.8, 4) is 0 Å². The van der Waals surface area contributed by atoms with Crippen molar-refractivity contribution in [2.24, 2.45) is 0 Å². The molecular formula is C3H4Cl2O. The summed E-state index contributed by atoms with van der Waals surface area (Å²) in [7, 11) is 0. The van der Waals surface area contributed by atoms with Crippen LogP contribution in [0.4, 0.5) is 0 Å². The van der Waals surface area contributed by atoms with E-state index >= 15 is 0 Å². The summed E-state index contributed by atoms with van der Waals surface area (Å²) in [5, 5.41) is 0.130. The molecule has 0 heterocycles. The second-order valence-electron chi connectivity index (χ2n) is 0.609. The molecule has 0 aromatic rings. The molecule has 1 nitrogen and oxygen atoms in total. The van der Waals surface area contributed by atoms with E-state index in [1.807, 2.05) is 0 Å². The zero-order chi connectivity index (χ0) is 4.99. The van der Waals surface area contributed by atoms with E-state index in [1.54, 1.807) is 0 Å². The third kappa shape index (κ3) is 4.12. The minimum atomic E-state index is 0.0718. The summed E-state index contributed by atoms with van der Waals surface area (Å²) >= 11 is 10.1. The molecule has 0 amide bonds. The van der Waals surface area contributed by atoms with Crippen LogP contribution in [0.3, 0.4) is 0 Å². The first-order valence-electron chi connectivity index (χ1n) is 1.30. The standard InChI is InChI=1S/C3H4Cl2O/c1-3(5)6-2-4/h1-2H2. The Bertz CT molecular complexity index is 52.8. The third-order valence-corrected chi connectivity index (χ3v) is 0.429. The summed E-state index contributed by atoms with van der Waals surface area (Å²) < 4.78 is 4.38. The molecule has 0 atom stereocenters. The van der Waals surface area contributed by atoms with Crippen LogP contribution in [0.15, 0.2) is 11.8 Å². The van der Waals surface area contributed by atoms with Gasteiger partial charge in [0.25, 0.3) is 0 Å². The number of ether oxygens (including phenoxy) is 1. The Balaban J connectivity index is 2.83. The Morgan fingerprint density at radius 3 is 2.33 bits per heavy atom. The molecular weight excluding hydrogens is 123 g/mol. The molecule has 0 radical (unpaired) electrons. The largest absolute Gasteiger partial charge is 0.468 e. The number of hydrogen-bond acceptors (Lipinski definition) is 1. The second kappa shape index (κ2) is 3.32. The molecule has 0 saturated heterocycles. The predicted octanol–water partition coefficient (Wildman–Crippen LogP) is 1.91. The molecule has 0 saturated carbocycles. The normalized spacial score (nSPS) is 7.67. The molecule has 0 aliphatic heterocycles. The maximum Gasteiger partial charge on any atom is 0.181 e. The van der Waals surface area contributed by atoms with Crippen LogP contribution in [0.2, 0.25) is 0 Å². The van der Waals surface area contributed by atoms with E-state index in [0.717, 1.165) is 0 Å². The average molecular weight is 127 g/mol. The minimum absolute atomic E-state index is 0.0718. The fourth-order valence-electron chi connectivity index (χ4n) is 0.0592. The van der Waals surface area contributed by atoms with E-state index in [0.29, 0.717) is 0 Å². The molecule has 0 aromatic carbocycles. The third-order valence-electron chi connectivity index (χ3n) is 0.211. The quantitative estimate of drug-likeness (QED) is 0.406. The van der Waals surface area contributed by atoms with E-state index in [2.05, 4.69) is 11.3 Å². The van der Waals surface area contributed by atoms with E-state index in [9.17, 15) is 0 Å². The first-order valence-corrected chi connectivity index (χ1v) is 2.22. The molecule has 0 N–H and O–H groups in total. The van der Waals surface area contributed by atoms with Crippen LogP contribution in [0, 0.1) is 0 Å². The van der Waals surface area contributed by atoms with Crippen molar-refractivity contribution in [1.29, 1.82) is 0 Å². The monoisotopic (exact) mass is 126 g/mol. The van der Waals surface area contributed by atoms with E-state index in [4.69, 9.17) is 23.2 Å². The first kappa shape index (κ1) is 6.12. The lowest BCUT2D eigenvalue weighted by molar-refractivity contribution is 0.299. The first-order chi connectivity index (χ1) is 2.77. The summed E-state index contributed by atoms with van der Waals surface area (Å²) in [6.45, 7) is 3.20. The van der Waals surface area contributed by atoms with Crippen molar-refractivity contribution < 1.29 is 4.74 Å². The van der Waals surface area contributed by atoms with Gasteiger partial charge in [-0.3, -0.25) is 0 Å². The molecule has 3 heteroatoms. The number of halogens is 2.